The second-order valence-electron chi connectivity index (χ2n) is 12.3. The van der Waals surface area contributed by atoms with Crippen LogP contribution < -0.4 is 21.7 Å². The van der Waals surface area contributed by atoms with Crippen molar-refractivity contribution in [3.05, 3.63) is 107 Å². The first-order chi connectivity index (χ1) is 20.0. The lowest BCUT2D eigenvalue weighted by Crippen LogP contribution is -2.46. The SMILES string of the molecule is C=C1CC(NCc2cccc(CNC(=C)C(/C=C(\C)C(=C)NCC34CCC(C(=C)Cl)(CC3)CC4)=NC(C)=NC)c2)=C1N. The highest BCUT2D eigenvalue weighted by molar-refractivity contribution is 6.30. The first kappa shape index (κ1) is 31.4. The Morgan fingerprint density at radius 1 is 1.00 bits per heavy atom. The summed E-state index contributed by atoms with van der Waals surface area (Å²) in [5.41, 5.74) is 15.1. The Balaban J connectivity index is 1.35. The molecular weight excluding hydrogens is 540 g/mol. The molecule has 5 rings (SSSR count). The first-order valence-corrected chi connectivity index (χ1v) is 15.2. The van der Waals surface area contributed by atoms with Crippen LogP contribution in [0.2, 0.25) is 0 Å². The number of fused-ring (bicyclic) bond motifs is 3. The lowest BCUT2D eigenvalue weighted by Gasteiger charge is -2.53. The van der Waals surface area contributed by atoms with Crippen LogP contribution in [-0.2, 0) is 13.1 Å². The van der Waals surface area contributed by atoms with Crippen molar-refractivity contribution in [3.63, 3.8) is 0 Å². The zero-order valence-electron chi connectivity index (χ0n) is 25.6. The highest BCUT2D eigenvalue weighted by atomic mass is 35.5. The molecule has 3 fully saturated rings. The molecule has 7 heteroatoms. The fraction of sp³-hybridized carbons (Fsp3) is 0.429. The van der Waals surface area contributed by atoms with Gasteiger partial charge in [-0.2, -0.15) is 0 Å². The molecule has 0 aromatic heterocycles. The average Bonchev–Trinajstić information content (AvgIpc) is 3.00. The van der Waals surface area contributed by atoms with Crippen LogP contribution in [0.4, 0.5) is 0 Å². The summed E-state index contributed by atoms with van der Waals surface area (Å²) in [6, 6.07) is 8.47. The van der Waals surface area contributed by atoms with Gasteiger partial charge in [0.15, 0.2) is 0 Å². The van der Waals surface area contributed by atoms with E-state index >= 15 is 0 Å². The van der Waals surface area contributed by atoms with E-state index in [0.29, 0.717) is 17.8 Å². The fourth-order valence-corrected chi connectivity index (χ4v) is 6.38. The van der Waals surface area contributed by atoms with Gasteiger partial charge in [0.25, 0.3) is 0 Å². The smallest absolute Gasteiger partial charge is 0.120 e. The van der Waals surface area contributed by atoms with E-state index in [1.807, 2.05) is 13.0 Å². The van der Waals surface area contributed by atoms with E-state index in [0.717, 1.165) is 89.0 Å². The number of nitrogens with one attached hydrogen (secondary N) is 3. The minimum absolute atomic E-state index is 0.157. The molecule has 5 N–H and O–H groups in total. The normalized spacial score (nSPS) is 24.3. The molecule has 6 nitrogen and oxygen atoms in total. The molecule has 1 aromatic rings. The Kier molecular flexibility index (Phi) is 9.88. The minimum Gasteiger partial charge on any atom is -0.397 e. The van der Waals surface area contributed by atoms with Crippen LogP contribution in [0.5, 0.6) is 0 Å². The number of hydrogen-bond acceptors (Lipinski definition) is 5. The molecule has 0 aliphatic heterocycles. The second kappa shape index (κ2) is 13.2. The maximum atomic E-state index is 6.40. The van der Waals surface area contributed by atoms with Crippen molar-refractivity contribution < 1.29 is 0 Å². The third-order valence-electron chi connectivity index (χ3n) is 9.50. The van der Waals surface area contributed by atoms with Crippen LogP contribution in [0.1, 0.15) is 69.9 Å². The summed E-state index contributed by atoms with van der Waals surface area (Å²) >= 11 is 6.40. The van der Waals surface area contributed by atoms with E-state index in [1.54, 1.807) is 7.05 Å². The molecule has 4 aliphatic carbocycles. The summed E-state index contributed by atoms with van der Waals surface area (Å²) in [5, 5.41) is 11.4. The molecule has 224 valence electrons. The number of rotatable bonds is 13. The molecule has 0 saturated heterocycles. The number of nitrogens with two attached hydrogens (primary N) is 1. The molecule has 4 aliphatic rings. The summed E-state index contributed by atoms with van der Waals surface area (Å²) in [6.45, 7) is 22.9. The number of allylic oxidation sites excluding steroid dienone is 5. The fourth-order valence-electron chi connectivity index (χ4n) is 6.10. The highest BCUT2D eigenvalue weighted by Gasteiger charge is 2.49. The van der Waals surface area contributed by atoms with Crippen molar-refractivity contribution in [2.75, 3.05) is 13.6 Å². The summed E-state index contributed by atoms with van der Waals surface area (Å²) in [7, 11) is 1.74. The van der Waals surface area contributed by atoms with Crippen molar-refractivity contribution in [2.24, 2.45) is 26.5 Å². The van der Waals surface area contributed by atoms with Crippen LogP contribution in [0, 0.1) is 10.8 Å². The van der Waals surface area contributed by atoms with E-state index < -0.39 is 0 Å². The van der Waals surface area contributed by atoms with Gasteiger partial charge in [0, 0.05) is 54.9 Å². The largest absolute Gasteiger partial charge is 0.397 e. The van der Waals surface area contributed by atoms with Crippen molar-refractivity contribution in [1.82, 2.24) is 16.0 Å². The van der Waals surface area contributed by atoms with E-state index in [-0.39, 0.29) is 5.41 Å². The summed E-state index contributed by atoms with van der Waals surface area (Å²) in [6.07, 6.45) is 9.82. The second-order valence-corrected chi connectivity index (χ2v) is 12.7. The lowest BCUT2D eigenvalue weighted by atomic mass is 9.53. The van der Waals surface area contributed by atoms with Gasteiger partial charge in [-0.1, -0.05) is 62.2 Å². The van der Waals surface area contributed by atoms with E-state index in [4.69, 9.17) is 22.3 Å². The Labute approximate surface area is 257 Å². The lowest BCUT2D eigenvalue weighted by molar-refractivity contribution is 0.0213. The monoisotopic (exact) mass is 586 g/mol. The standard InChI is InChI=1S/C35H47ClN6/c1-23(25(3)41-22-34-11-14-35(15-12-34,16-13-34)27(5)36)17-31(42-28(6)38-7)26(4)39-20-29-9-8-10-30(19-29)21-40-32-18-24(2)33(32)37/h8-10,17,19,39-41H,2-5,11-16,18,20-22,37H2,1,6-7H3/b23-17+,38-28?,42-31?. The molecule has 0 atom stereocenters. The number of benzene rings is 1. The zero-order valence-corrected chi connectivity index (χ0v) is 26.4. The Bertz CT molecular complexity index is 1370. The number of nitrogens with zero attached hydrogens (tertiary/aromatic N) is 2. The Morgan fingerprint density at radius 3 is 2.21 bits per heavy atom. The van der Waals surface area contributed by atoms with Crippen LogP contribution in [-0.4, -0.2) is 25.1 Å². The third-order valence-corrected chi connectivity index (χ3v) is 9.90. The molecule has 42 heavy (non-hydrogen) atoms. The summed E-state index contributed by atoms with van der Waals surface area (Å²) < 4.78 is 0. The van der Waals surface area contributed by atoms with E-state index in [1.165, 1.54) is 24.8 Å². The summed E-state index contributed by atoms with van der Waals surface area (Å²) in [5.74, 6) is 0.684. The van der Waals surface area contributed by atoms with Gasteiger partial charge < -0.3 is 21.7 Å². The van der Waals surface area contributed by atoms with Crippen molar-refractivity contribution in [1.29, 1.82) is 0 Å². The highest BCUT2D eigenvalue weighted by Crippen LogP contribution is 2.60. The topological polar surface area (TPSA) is 86.8 Å². The number of amidine groups is 1. The van der Waals surface area contributed by atoms with Gasteiger partial charge in [-0.05, 0) is 86.1 Å². The number of halogens is 1. The third kappa shape index (κ3) is 7.27. The van der Waals surface area contributed by atoms with Gasteiger partial charge >= 0.3 is 0 Å². The maximum absolute atomic E-state index is 6.40. The molecule has 1 aromatic carbocycles. The quantitative estimate of drug-likeness (QED) is 0.112. The molecular formula is C35H47ClN6. The van der Waals surface area contributed by atoms with Gasteiger partial charge in [-0.3, -0.25) is 4.99 Å². The van der Waals surface area contributed by atoms with Crippen molar-refractivity contribution in [2.45, 2.75) is 71.9 Å². The van der Waals surface area contributed by atoms with Crippen LogP contribution in [0.3, 0.4) is 0 Å². The average molecular weight is 587 g/mol. The van der Waals surface area contributed by atoms with Gasteiger partial charge in [0.1, 0.15) is 5.84 Å². The van der Waals surface area contributed by atoms with Crippen molar-refractivity contribution >= 4 is 23.1 Å². The molecule has 0 amide bonds. The molecule has 0 spiro atoms. The van der Waals surface area contributed by atoms with E-state index in [2.05, 4.69) is 78.4 Å². The Morgan fingerprint density at radius 2 is 1.64 bits per heavy atom. The predicted molar refractivity (Wildman–Crippen MR) is 179 cm³/mol. The number of aliphatic imine (C=N–C) groups is 2. The predicted octanol–water partition coefficient (Wildman–Crippen LogP) is 7.14. The first-order valence-electron chi connectivity index (χ1n) is 14.9. The zero-order chi connectivity index (χ0) is 30.5. The summed E-state index contributed by atoms with van der Waals surface area (Å²) in [4.78, 5) is 8.98. The molecule has 0 unspecified atom stereocenters. The van der Waals surface area contributed by atoms with Crippen LogP contribution in [0.25, 0.3) is 0 Å². The minimum atomic E-state index is 0.157. The van der Waals surface area contributed by atoms with Gasteiger partial charge in [-0.25, -0.2) is 4.99 Å². The molecule has 0 heterocycles. The maximum Gasteiger partial charge on any atom is 0.120 e. The molecule has 3 saturated carbocycles. The van der Waals surface area contributed by atoms with Crippen LogP contribution >= 0.6 is 11.6 Å². The Hall–Kier alpha value is -3.51. The molecule has 2 bridgehead atoms. The van der Waals surface area contributed by atoms with Gasteiger partial charge in [0.2, 0.25) is 0 Å². The van der Waals surface area contributed by atoms with Gasteiger partial charge in [-0.15, -0.1) is 0 Å². The van der Waals surface area contributed by atoms with Crippen molar-refractivity contribution in [3.8, 4) is 0 Å². The number of hydrogen-bond donors (Lipinski definition) is 4. The molecule has 0 radical (unpaired) electrons. The van der Waals surface area contributed by atoms with Gasteiger partial charge in [0.05, 0.1) is 17.1 Å². The van der Waals surface area contributed by atoms with E-state index in [9.17, 15) is 0 Å². The van der Waals surface area contributed by atoms with Crippen LogP contribution in [0.15, 0.2) is 106 Å².